The molecule has 4 rings (SSSR count). The standard InChI is InChI=1S/C21H28N4O6S2/c26-19(22-6-2-8-23-7-1-3-20(23)27)14-25-17-13-16(4-5-18(17)32-15-21(25)28)33(29,30)24-9-11-31-12-10-24/h4-5,13H,1-3,6-12,14-15H2,(H,22,26). The van der Waals surface area contributed by atoms with E-state index < -0.39 is 10.0 Å². The number of rotatable bonds is 8. The Morgan fingerprint density at radius 1 is 1.12 bits per heavy atom. The number of likely N-dealkylation sites (tertiary alicyclic amines) is 1. The summed E-state index contributed by atoms with van der Waals surface area (Å²) in [5, 5.41) is 2.80. The lowest BCUT2D eigenvalue weighted by atomic mass is 10.2. The molecule has 2 fully saturated rings. The lowest BCUT2D eigenvalue weighted by Gasteiger charge is -2.30. The lowest BCUT2D eigenvalue weighted by molar-refractivity contribution is -0.127. The molecule has 1 aromatic carbocycles. The zero-order valence-electron chi connectivity index (χ0n) is 18.3. The van der Waals surface area contributed by atoms with E-state index in [-0.39, 0.29) is 48.0 Å². The van der Waals surface area contributed by atoms with Crippen molar-refractivity contribution >= 4 is 45.2 Å². The number of benzene rings is 1. The quantitative estimate of drug-likeness (QED) is 0.514. The number of hydrogen-bond acceptors (Lipinski definition) is 7. The van der Waals surface area contributed by atoms with Crippen LogP contribution in [-0.4, -0.2) is 93.6 Å². The van der Waals surface area contributed by atoms with Crippen LogP contribution in [0.3, 0.4) is 0 Å². The van der Waals surface area contributed by atoms with Gasteiger partial charge in [-0.15, -0.1) is 11.8 Å². The Kier molecular flexibility index (Phi) is 7.57. The van der Waals surface area contributed by atoms with Crippen LogP contribution < -0.4 is 10.2 Å². The van der Waals surface area contributed by atoms with Crippen molar-refractivity contribution in [3.05, 3.63) is 18.2 Å². The van der Waals surface area contributed by atoms with Crippen molar-refractivity contribution in [1.29, 1.82) is 0 Å². The van der Waals surface area contributed by atoms with Crippen molar-refractivity contribution in [3.63, 3.8) is 0 Å². The first-order valence-electron chi connectivity index (χ1n) is 11.1. The predicted octanol–water partition coefficient (Wildman–Crippen LogP) is 0.275. The van der Waals surface area contributed by atoms with Crippen molar-refractivity contribution < 1.29 is 27.5 Å². The second-order valence-electron chi connectivity index (χ2n) is 8.10. The minimum Gasteiger partial charge on any atom is -0.379 e. The molecule has 3 amide bonds. The molecule has 0 saturated carbocycles. The van der Waals surface area contributed by atoms with Gasteiger partial charge in [0.15, 0.2) is 0 Å². The topological polar surface area (TPSA) is 116 Å². The largest absolute Gasteiger partial charge is 0.379 e. The SMILES string of the molecule is O=C(CN1C(=O)CSc2ccc(S(=O)(=O)N3CCOCC3)cc21)NCCCN1CCCC1=O. The number of morpholine rings is 1. The minimum absolute atomic E-state index is 0.0964. The van der Waals surface area contributed by atoms with Crippen LogP contribution in [0, 0.1) is 0 Å². The van der Waals surface area contributed by atoms with Crippen LogP contribution in [0.5, 0.6) is 0 Å². The Hall–Kier alpha value is -2.15. The van der Waals surface area contributed by atoms with Gasteiger partial charge in [0.25, 0.3) is 0 Å². The number of sulfonamides is 1. The second-order valence-corrected chi connectivity index (χ2v) is 11.1. The van der Waals surface area contributed by atoms with E-state index in [1.54, 1.807) is 17.0 Å². The number of hydrogen-bond donors (Lipinski definition) is 1. The molecule has 0 aliphatic carbocycles. The van der Waals surface area contributed by atoms with Gasteiger partial charge in [0, 0.05) is 44.0 Å². The minimum atomic E-state index is -3.72. The summed E-state index contributed by atoms with van der Waals surface area (Å²) in [5.41, 5.74) is 0.434. The van der Waals surface area contributed by atoms with Gasteiger partial charge in [-0.3, -0.25) is 14.4 Å². The Morgan fingerprint density at radius 3 is 2.64 bits per heavy atom. The summed E-state index contributed by atoms with van der Waals surface area (Å²) in [6, 6.07) is 4.72. The normalized spacial score (nSPS) is 19.6. The van der Waals surface area contributed by atoms with Crippen LogP contribution in [0.4, 0.5) is 5.69 Å². The maximum Gasteiger partial charge on any atom is 0.243 e. The first-order valence-corrected chi connectivity index (χ1v) is 13.5. The smallest absolute Gasteiger partial charge is 0.243 e. The molecule has 180 valence electrons. The van der Waals surface area contributed by atoms with E-state index in [1.807, 2.05) is 0 Å². The molecular weight excluding hydrogens is 468 g/mol. The molecular formula is C21H28N4O6S2. The average Bonchev–Trinajstić information content (AvgIpc) is 3.23. The van der Waals surface area contributed by atoms with Gasteiger partial charge in [-0.05, 0) is 31.0 Å². The van der Waals surface area contributed by atoms with E-state index in [0.717, 1.165) is 17.9 Å². The number of nitrogens with one attached hydrogen (secondary N) is 1. The van der Waals surface area contributed by atoms with Crippen molar-refractivity contribution in [2.75, 3.05) is 63.1 Å². The first-order chi connectivity index (χ1) is 15.9. The van der Waals surface area contributed by atoms with Crippen molar-refractivity contribution in [2.24, 2.45) is 0 Å². The summed E-state index contributed by atoms with van der Waals surface area (Å²) in [4.78, 5) is 40.8. The predicted molar refractivity (Wildman–Crippen MR) is 123 cm³/mol. The summed E-state index contributed by atoms with van der Waals surface area (Å²) in [6.45, 7) is 2.83. The highest BCUT2D eigenvalue weighted by atomic mass is 32.2. The third kappa shape index (κ3) is 5.51. The molecule has 3 aliphatic heterocycles. The van der Waals surface area contributed by atoms with Gasteiger partial charge < -0.3 is 19.9 Å². The second kappa shape index (κ2) is 10.4. The number of ether oxygens (including phenoxy) is 1. The van der Waals surface area contributed by atoms with Gasteiger partial charge in [0.05, 0.1) is 29.5 Å². The van der Waals surface area contributed by atoms with E-state index in [4.69, 9.17) is 4.74 Å². The molecule has 33 heavy (non-hydrogen) atoms. The number of fused-ring (bicyclic) bond motifs is 1. The Labute approximate surface area is 197 Å². The van der Waals surface area contributed by atoms with Crippen LogP contribution >= 0.6 is 11.8 Å². The molecule has 3 heterocycles. The monoisotopic (exact) mass is 496 g/mol. The number of amides is 3. The van der Waals surface area contributed by atoms with E-state index in [9.17, 15) is 22.8 Å². The summed E-state index contributed by atoms with van der Waals surface area (Å²) in [7, 11) is -3.72. The molecule has 0 aromatic heterocycles. The van der Waals surface area contributed by atoms with E-state index in [2.05, 4.69) is 5.32 Å². The lowest BCUT2D eigenvalue weighted by Crippen LogP contribution is -2.44. The number of anilines is 1. The highest BCUT2D eigenvalue weighted by molar-refractivity contribution is 8.00. The summed E-state index contributed by atoms with van der Waals surface area (Å²) in [6.07, 6.45) is 2.10. The number of carbonyl (C=O) groups excluding carboxylic acids is 3. The fraction of sp³-hybridized carbons (Fsp3) is 0.571. The maximum atomic E-state index is 13.0. The summed E-state index contributed by atoms with van der Waals surface area (Å²) in [5.74, 6) is -0.230. The van der Waals surface area contributed by atoms with Crippen molar-refractivity contribution in [2.45, 2.75) is 29.1 Å². The third-order valence-corrected chi connectivity index (χ3v) is 8.82. The molecule has 1 aromatic rings. The van der Waals surface area contributed by atoms with E-state index >= 15 is 0 Å². The molecule has 10 nitrogen and oxygen atoms in total. The number of nitrogens with zero attached hydrogens (tertiary/aromatic N) is 3. The van der Waals surface area contributed by atoms with Crippen molar-refractivity contribution in [3.8, 4) is 0 Å². The number of carbonyl (C=O) groups is 3. The maximum absolute atomic E-state index is 13.0. The number of thioether (sulfide) groups is 1. The summed E-state index contributed by atoms with van der Waals surface area (Å²) < 4.78 is 32.7. The molecule has 1 N–H and O–H groups in total. The fourth-order valence-electron chi connectivity index (χ4n) is 4.09. The van der Waals surface area contributed by atoms with Crippen LogP contribution in [0.15, 0.2) is 28.0 Å². The molecule has 0 bridgehead atoms. The van der Waals surface area contributed by atoms with Gasteiger partial charge >= 0.3 is 0 Å². The Balaban J connectivity index is 1.41. The van der Waals surface area contributed by atoms with Gasteiger partial charge in [-0.1, -0.05) is 0 Å². The molecule has 2 saturated heterocycles. The van der Waals surface area contributed by atoms with Crippen LogP contribution in [0.1, 0.15) is 19.3 Å². The highest BCUT2D eigenvalue weighted by Crippen LogP contribution is 2.37. The third-order valence-electron chi connectivity index (χ3n) is 5.88. The fourth-order valence-corrected chi connectivity index (χ4v) is 6.43. The molecule has 12 heteroatoms. The summed E-state index contributed by atoms with van der Waals surface area (Å²) >= 11 is 1.33. The van der Waals surface area contributed by atoms with E-state index in [0.29, 0.717) is 44.8 Å². The van der Waals surface area contributed by atoms with Gasteiger partial charge in [0.1, 0.15) is 6.54 Å². The highest BCUT2D eigenvalue weighted by Gasteiger charge is 2.31. The Morgan fingerprint density at radius 2 is 1.91 bits per heavy atom. The van der Waals surface area contributed by atoms with Crippen molar-refractivity contribution in [1.82, 2.24) is 14.5 Å². The van der Waals surface area contributed by atoms with E-state index in [1.165, 1.54) is 27.0 Å². The molecule has 0 radical (unpaired) electrons. The Bertz CT molecular complexity index is 1030. The zero-order valence-corrected chi connectivity index (χ0v) is 20.0. The van der Waals surface area contributed by atoms with Gasteiger partial charge in [0.2, 0.25) is 27.7 Å². The van der Waals surface area contributed by atoms with Gasteiger partial charge in [-0.25, -0.2) is 8.42 Å². The average molecular weight is 497 g/mol. The first kappa shape index (κ1) is 24.0. The molecule has 3 aliphatic rings. The molecule has 0 atom stereocenters. The van der Waals surface area contributed by atoms with Crippen LogP contribution in [0.25, 0.3) is 0 Å². The molecule has 0 spiro atoms. The van der Waals surface area contributed by atoms with Crippen LogP contribution in [-0.2, 0) is 29.1 Å². The van der Waals surface area contributed by atoms with Crippen LogP contribution in [0.2, 0.25) is 0 Å². The molecule has 0 unspecified atom stereocenters. The van der Waals surface area contributed by atoms with Gasteiger partial charge in [-0.2, -0.15) is 4.31 Å². The zero-order chi connectivity index (χ0) is 23.4.